The maximum Gasteiger partial charge on any atom is 0.248 e. The van der Waals surface area contributed by atoms with Gasteiger partial charge in [-0.1, -0.05) is 97.9 Å². The van der Waals surface area contributed by atoms with Gasteiger partial charge in [-0.3, -0.25) is 28.8 Å². The number of aromatic hydroxyl groups is 1. The maximum absolute atomic E-state index is 14.4. The first kappa shape index (κ1) is 55.9. The highest BCUT2D eigenvalue weighted by atomic mass is 16.3. The van der Waals surface area contributed by atoms with Crippen molar-refractivity contribution in [2.24, 2.45) is 5.92 Å². The van der Waals surface area contributed by atoms with Crippen LogP contribution >= 0.6 is 0 Å². The zero-order valence-electron chi connectivity index (χ0n) is 41.4. The van der Waals surface area contributed by atoms with E-state index in [0.717, 1.165) is 39.0 Å². The number of hydrogen-bond donors (Lipinski definition) is 14. The Kier molecular flexibility index (Phi) is 18.0. The van der Waals surface area contributed by atoms with E-state index in [2.05, 4.69) is 26.6 Å². The fourth-order valence-electron chi connectivity index (χ4n) is 9.62. The van der Waals surface area contributed by atoms with Gasteiger partial charge >= 0.3 is 0 Å². The summed E-state index contributed by atoms with van der Waals surface area (Å²) in [7, 11) is 0. The molecule has 75 heavy (non-hydrogen) atoms. The van der Waals surface area contributed by atoms with Crippen molar-refractivity contribution < 1.29 is 74.7 Å². The molecule has 7 rings (SSSR count). The summed E-state index contributed by atoms with van der Waals surface area (Å²) in [6, 6.07) is 19.0. The summed E-state index contributed by atoms with van der Waals surface area (Å²) in [5, 5.41) is 112. The minimum absolute atomic E-state index is 0.0385. The second-order valence-electron chi connectivity index (χ2n) is 19.6. The van der Waals surface area contributed by atoms with E-state index in [4.69, 9.17) is 0 Å². The normalized spacial score (nSPS) is 29.1. The third kappa shape index (κ3) is 13.0. The van der Waals surface area contributed by atoms with E-state index >= 15 is 0 Å². The molecule has 3 saturated heterocycles. The minimum Gasteiger partial charge on any atom is -0.508 e. The van der Waals surface area contributed by atoms with Crippen molar-refractivity contribution >= 4 is 35.4 Å². The lowest BCUT2D eigenvalue weighted by molar-refractivity contribution is -0.148. The topological polar surface area (TPSA) is 351 Å². The third-order valence-corrected chi connectivity index (χ3v) is 14.0. The molecule has 0 saturated carbocycles. The summed E-state index contributed by atoms with van der Waals surface area (Å²) in [4.78, 5) is 87.4. The molecule has 402 valence electrons. The number of carbonyl (C=O) groups is 6. The van der Waals surface area contributed by atoms with Gasteiger partial charge in [0.15, 0.2) is 6.23 Å². The second-order valence-corrected chi connectivity index (χ2v) is 19.6. The average molecular weight is 1040 g/mol. The lowest BCUT2D eigenvalue weighted by Gasteiger charge is -2.34. The van der Waals surface area contributed by atoms with Gasteiger partial charge in [-0.2, -0.15) is 0 Å². The smallest absolute Gasteiger partial charge is 0.248 e. The van der Waals surface area contributed by atoms with Gasteiger partial charge in [0.1, 0.15) is 54.3 Å². The van der Waals surface area contributed by atoms with Crippen LogP contribution in [0.4, 0.5) is 0 Å². The summed E-state index contributed by atoms with van der Waals surface area (Å²) in [6.07, 6.45) is -15.9. The van der Waals surface area contributed by atoms with Crippen LogP contribution in [0, 0.1) is 5.92 Å². The Labute approximate surface area is 432 Å². The molecule has 0 radical (unpaired) electrons. The lowest BCUT2D eigenvalue weighted by Crippen LogP contribution is -2.64. The number of benzene rings is 4. The van der Waals surface area contributed by atoms with Crippen LogP contribution in [-0.4, -0.2) is 183 Å². The molecule has 22 nitrogen and oxygen atoms in total. The van der Waals surface area contributed by atoms with E-state index < -0.39 is 146 Å². The summed E-state index contributed by atoms with van der Waals surface area (Å²) < 4.78 is 0. The molecule has 3 aliphatic heterocycles. The molecule has 2 unspecified atom stereocenters. The highest BCUT2D eigenvalue weighted by Crippen LogP contribution is 2.29. The van der Waals surface area contributed by atoms with E-state index in [0.29, 0.717) is 5.56 Å². The summed E-state index contributed by atoms with van der Waals surface area (Å²) in [5.41, 5.74) is 4.51. The predicted octanol–water partition coefficient (Wildman–Crippen LogP) is -2.14. The largest absolute Gasteiger partial charge is 0.508 e. The number of nitrogens with one attached hydrogen (secondary N) is 5. The molecule has 0 aliphatic carbocycles. The Morgan fingerprint density at radius 2 is 1.11 bits per heavy atom. The van der Waals surface area contributed by atoms with Gasteiger partial charge in [-0.05, 0) is 59.4 Å². The molecule has 22 heteroatoms. The number of phenols is 1. The zero-order valence-corrected chi connectivity index (χ0v) is 41.4. The molecule has 4 aromatic rings. The Morgan fingerprint density at radius 3 is 1.68 bits per heavy atom. The number of nitrogens with zero attached hydrogens (tertiary/aromatic N) is 2. The van der Waals surface area contributed by atoms with E-state index in [-0.39, 0.29) is 24.4 Å². The molecule has 6 amide bonds. The quantitative estimate of drug-likeness (QED) is 0.0806. The van der Waals surface area contributed by atoms with Crippen LogP contribution in [0.3, 0.4) is 0 Å². The number of aliphatic hydroxyl groups excluding tert-OH is 8. The number of phenolic OH excluding ortho intramolecular Hbond substituents is 1. The van der Waals surface area contributed by atoms with E-state index in [9.17, 15) is 74.7 Å². The standard InChI is InChI=1S/C53H65N7O15/c1-26-24-60-43(44(26)66)51(73)58-49(71)39(65)22-37(54-23-29-9-11-31(12-10-29)33-15-13-32(14-16-33)30-7-5-4-6-8-30)47(69)55-40(27(2)61)52(74)59-25-36(64)21-38(59)48(70)57-42(50(72)56-41(28(3)62)53(60)75)46(68)45(67)34-17-19-35(63)20-18-34/h4-20,26-28,36-46,49,54,61-68,71H,21-25H2,1-3H3,(H,55,69)(H,56,72)(H,57,70)(H,58,73)/t26-,27?,28?,36+,37+,38-,39+,40-,41-,42-,43-,44-,45-,46-,49+/m0/s1. The molecule has 0 bridgehead atoms. The number of carbonyl (C=O) groups excluding carboxylic acids is 6. The highest BCUT2D eigenvalue weighted by Gasteiger charge is 2.50. The SMILES string of the molecule is CC(O)[C@@H]1NC(=O)[C@H]([C@H](O)[C@@H](O)c2ccc(O)cc2)NC(=O)[C@@H]2C[C@@H](O)CN2C(=O)[C@H](C(C)O)NC(=O)[C@H](NCc2ccc(-c3ccc(-c4ccccc4)cc3)cc2)C[C@@H](O)[C@@H](O)NC(=O)[C@@H]2[C@@H](O)[C@@H](C)CN2C1=O. The van der Waals surface area contributed by atoms with E-state index in [1.807, 2.05) is 66.7 Å². The molecule has 3 fully saturated rings. The van der Waals surface area contributed by atoms with Crippen LogP contribution in [0.15, 0.2) is 103 Å². The van der Waals surface area contributed by atoms with Gasteiger partial charge in [-0.25, -0.2) is 0 Å². The minimum atomic E-state index is -2.26. The number of aliphatic hydroxyl groups is 8. The maximum atomic E-state index is 14.4. The Bertz CT molecular complexity index is 2640. The fraction of sp³-hybridized carbons (Fsp3) is 0.434. The van der Waals surface area contributed by atoms with Crippen molar-refractivity contribution in [3.05, 3.63) is 114 Å². The molecule has 4 aromatic carbocycles. The van der Waals surface area contributed by atoms with Gasteiger partial charge in [-0.15, -0.1) is 0 Å². The average Bonchev–Trinajstić information content (AvgIpc) is 3.94. The van der Waals surface area contributed by atoms with Crippen molar-refractivity contribution in [2.75, 3.05) is 13.1 Å². The first-order chi connectivity index (χ1) is 35.6. The van der Waals surface area contributed by atoms with Crippen molar-refractivity contribution in [3.63, 3.8) is 0 Å². The predicted molar refractivity (Wildman–Crippen MR) is 268 cm³/mol. The number of rotatable bonds is 10. The van der Waals surface area contributed by atoms with Crippen molar-refractivity contribution in [2.45, 2.75) is 125 Å². The van der Waals surface area contributed by atoms with E-state index in [1.165, 1.54) is 38.1 Å². The second kappa shape index (κ2) is 24.2. The first-order valence-electron chi connectivity index (χ1n) is 24.7. The van der Waals surface area contributed by atoms with Gasteiger partial charge in [0.05, 0.1) is 30.5 Å². The molecule has 0 aromatic heterocycles. The molecule has 3 heterocycles. The van der Waals surface area contributed by atoms with E-state index in [1.54, 1.807) is 12.1 Å². The van der Waals surface area contributed by atoms with Crippen molar-refractivity contribution in [1.82, 2.24) is 36.4 Å². The summed E-state index contributed by atoms with van der Waals surface area (Å²) in [6.45, 7) is 2.88. The monoisotopic (exact) mass is 1040 g/mol. The van der Waals surface area contributed by atoms with Crippen LogP contribution in [-0.2, 0) is 35.3 Å². The van der Waals surface area contributed by atoms with Crippen molar-refractivity contribution in [1.29, 1.82) is 0 Å². The van der Waals surface area contributed by atoms with Gasteiger partial charge in [0.25, 0.3) is 0 Å². The molecule has 0 spiro atoms. The lowest BCUT2D eigenvalue weighted by atomic mass is 9.96. The molecular weight excluding hydrogens is 975 g/mol. The number of hydrogen-bond acceptors (Lipinski definition) is 16. The zero-order chi connectivity index (χ0) is 54.4. The molecule has 15 atom stereocenters. The molecule has 3 aliphatic rings. The van der Waals surface area contributed by atoms with Crippen LogP contribution in [0.25, 0.3) is 22.3 Å². The Morgan fingerprint density at radius 1 is 0.587 bits per heavy atom. The number of amides is 6. The van der Waals surface area contributed by atoms with Gasteiger partial charge in [0.2, 0.25) is 35.4 Å². The van der Waals surface area contributed by atoms with Crippen LogP contribution in [0.5, 0.6) is 5.75 Å². The van der Waals surface area contributed by atoms with Gasteiger partial charge in [0, 0.05) is 38.4 Å². The van der Waals surface area contributed by atoms with Crippen LogP contribution < -0.4 is 26.6 Å². The highest BCUT2D eigenvalue weighted by molar-refractivity contribution is 5.98. The number of fused-ring (bicyclic) bond motifs is 2. The van der Waals surface area contributed by atoms with Crippen LogP contribution in [0.1, 0.15) is 50.8 Å². The molecule has 14 N–H and O–H groups in total. The summed E-state index contributed by atoms with van der Waals surface area (Å²) in [5.74, 6) is -7.99. The first-order valence-corrected chi connectivity index (χ1v) is 24.7. The molecular formula is C53H65N7O15. The van der Waals surface area contributed by atoms with Crippen LogP contribution in [0.2, 0.25) is 0 Å². The Hall–Kier alpha value is -6.86. The Balaban J connectivity index is 1.20. The fourth-order valence-corrected chi connectivity index (χ4v) is 9.62. The van der Waals surface area contributed by atoms with Crippen molar-refractivity contribution in [3.8, 4) is 28.0 Å². The third-order valence-electron chi connectivity index (χ3n) is 14.0. The van der Waals surface area contributed by atoms with Gasteiger partial charge < -0.3 is 82.3 Å². The summed E-state index contributed by atoms with van der Waals surface area (Å²) >= 11 is 0.